The van der Waals surface area contributed by atoms with Crippen molar-refractivity contribution in [2.75, 3.05) is 18.2 Å². The molecule has 98 valence electrons. The Kier molecular flexibility index (Phi) is 7.55. The van der Waals surface area contributed by atoms with Crippen molar-refractivity contribution in [2.24, 2.45) is 11.8 Å². The van der Waals surface area contributed by atoms with Crippen molar-refractivity contribution in [1.82, 2.24) is 4.72 Å². The number of nitrogens with one attached hydrogen (secondary N) is 1. The van der Waals surface area contributed by atoms with E-state index in [9.17, 15) is 8.42 Å². The van der Waals surface area contributed by atoms with Crippen LogP contribution in [0.2, 0.25) is 0 Å². The fraction of sp³-hybridized carbons (Fsp3) is 1.00. The second-order valence-corrected chi connectivity index (χ2v) is 6.77. The molecule has 2 atom stereocenters. The van der Waals surface area contributed by atoms with Crippen LogP contribution in [0.4, 0.5) is 0 Å². The summed E-state index contributed by atoms with van der Waals surface area (Å²) >= 11 is 5.57. The number of sulfonamides is 1. The third kappa shape index (κ3) is 7.44. The van der Waals surface area contributed by atoms with Gasteiger partial charge in [-0.1, -0.05) is 20.8 Å². The van der Waals surface area contributed by atoms with Crippen LogP contribution in [-0.4, -0.2) is 37.8 Å². The molecule has 2 unspecified atom stereocenters. The molecule has 0 fully saturated rings. The van der Waals surface area contributed by atoms with Crippen molar-refractivity contribution >= 4 is 21.6 Å². The molecule has 6 heteroatoms. The molecule has 16 heavy (non-hydrogen) atoms. The maximum atomic E-state index is 11.7. The van der Waals surface area contributed by atoms with E-state index in [0.717, 1.165) is 0 Å². The number of hydrogen-bond acceptors (Lipinski definition) is 3. The van der Waals surface area contributed by atoms with Crippen LogP contribution in [0.3, 0.4) is 0 Å². The van der Waals surface area contributed by atoms with E-state index in [1.807, 2.05) is 13.8 Å². The summed E-state index contributed by atoms with van der Waals surface area (Å²) in [6.07, 6.45) is 0.630. The van der Waals surface area contributed by atoms with Crippen LogP contribution in [0.15, 0.2) is 0 Å². The minimum Gasteiger partial charge on any atom is -0.395 e. The molecule has 0 saturated carbocycles. The number of hydrogen-bond donors (Lipinski definition) is 2. The fourth-order valence-corrected chi connectivity index (χ4v) is 3.33. The third-order valence-electron chi connectivity index (χ3n) is 2.09. The highest BCUT2D eigenvalue weighted by atomic mass is 35.5. The lowest BCUT2D eigenvalue weighted by Gasteiger charge is -2.19. The lowest BCUT2D eigenvalue weighted by molar-refractivity contribution is 0.240. The van der Waals surface area contributed by atoms with Crippen LogP contribution >= 0.6 is 11.6 Å². The van der Waals surface area contributed by atoms with Gasteiger partial charge in [0.25, 0.3) is 0 Å². The molecule has 0 spiro atoms. The summed E-state index contributed by atoms with van der Waals surface area (Å²) in [7, 11) is -3.34. The van der Waals surface area contributed by atoms with E-state index >= 15 is 0 Å². The van der Waals surface area contributed by atoms with Gasteiger partial charge in [-0.2, -0.15) is 0 Å². The zero-order valence-corrected chi connectivity index (χ0v) is 11.7. The van der Waals surface area contributed by atoms with E-state index in [0.29, 0.717) is 18.2 Å². The first-order valence-corrected chi connectivity index (χ1v) is 7.66. The minimum absolute atomic E-state index is 0.00505. The predicted octanol–water partition coefficient (Wildman–Crippen LogP) is 1.19. The Bertz CT molecular complexity index is 280. The van der Waals surface area contributed by atoms with Crippen LogP contribution in [0.1, 0.15) is 27.2 Å². The summed E-state index contributed by atoms with van der Waals surface area (Å²) in [5.74, 6) is 0.572. The maximum Gasteiger partial charge on any atom is 0.212 e. The monoisotopic (exact) mass is 271 g/mol. The summed E-state index contributed by atoms with van der Waals surface area (Å²) in [5, 5.41) is 9.08. The van der Waals surface area contributed by atoms with Gasteiger partial charge in [0.05, 0.1) is 12.4 Å². The Morgan fingerprint density at radius 2 is 1.88 bits per heavy atom. The van der Waals surface area contributed by atoms with E-state index in [2.05, 4.69) is 4.72 Å². The topological polar surface area (TPSA) is 66.4 Å². The Hall–Kier alpha value is 0.160. The molecular formula is C10H22ClNO3S. The molecule has 2 N–H and O–H groups in total. The summed E-state index contributed by atoms with van der Waals surface area (Å²) in [5.41, 5.74) is 0. The quantitative estimate of drug-likeness (QED) is 0.652. The molecule has 4 nitrogen and oxygen atoms in total. The van der Waals surface area contributed by atoms with Gasteiger partial charge in [-0.25, -0.2) is 13.1 Å². The first-order chi connectivity index (χ1) is 7.30. The first kappa shape index (κ1) is 16.2. The molecule has 0 rings (SSSR count). The van der Waals surface area contributed by atoms with Crippen molar-refractivity contribution in [3.8, 4) is 0 Å². The third-order valence-corrected chi connectivity index (χ3v) is 4.32. The Labute approximate surface area is 103 Å². The number of rotatable bonds is 8. The molecule has 0 saturated heterocycles. The molecular weight excluding hydrogens is 250 g/mol. The van der Waals surface area contributed by atoms with Crippen molar-refractivity contribution in [2.45, 2.75) is 33.2 Å². The zero-order chi connectivity index (χ0) is 12.8. The lowest BCUT2D eigenvalue weighted by Crippen LogP contribution is -2.40. The smallest absolute Gasteiger partial charge is 0.212 e. The average Bonchev–Trinajstić information content (AvgIpc) is 2.14. The second kappa shape index (κ2) is 7.48. The van der Waals surface area contributed by atoms with Gasteiger partial charge in [0.15, 0.2) is 0 Å². The highest BCUT2D eigenvalue weighted by Crippen LogP contribution is 2.08. The highest BCUT2D eigenvalue weighted by Gasteiger charge is 2.20. The van der Waals surface area contributed by atoms with E-state index < -0.39 is 16.1 Å². The fourth-order valence-electron chi connectivity index (χ4n) is 1.45. The van der Waals surface area contributed by atoms with Crippen LogP contribution < -0.4 is 4.72 Å². The summed E-state index contributed by atoms with van der Waals surface area (Å²) in [6, 6.07) is -0.396. The van der Waals surface area contributed by atoms with Crippen molar-refractivity contribution in [3.63, 3.8) is 0 Å². The van der Waals surface area contributed by atoms with E-state index in [4.69, 9.17) is 16.7 Å². The van der Waals surface area contributed by atoms with Gasteiger partial charge in [0, 0.05) is 11.9 Å². The molecule has 0 aliphatic rings. The van der Waals surface area contributed by atoms with Gasteiger partial charge in [0.1, 0.15) is 0 Å². The average molecular weight is 272 g/mol. The summed E-state index contributed by atoms with van der Waals surface area (Å²) < 4.78 is 25.8. The van der Waals surface area contributed by atoms with E-state index in [1.165, 1.54) is 0 Å². The van der Waals surface area contributed by atoms with Crippen LogP contribution in [0, 0.1) is 11.8 Å². The Morgan fingerprint density at radius 3 is 2.25 bits per heavy atom. The molecule has 0 aliphatic heterocycles. The Morgan fingerprint density at radius 1 is 1.31 bits per heavy atom. The van der Waals surface area contributed by atoms with Gasteiger partial charge in [-0.05, 0) is 18.3 Å². The molecule has 0 aliphatic carbocycles. The van der Waals surface area contributed by atoms with Crippen LogP contribution in [-0.2, 0) is 10.0 Å². The summed E-state index contributed by atoms with van der Waals surface area (Å²) in [6.45, 7) is 5.58. The second-order valence-electron chi connectivity index (χ2n) is 4.67. The molecule has 0 aromatic carbocycles. The molecule has 0 aromatic rings. The van der Waals surface area contributed by atoms with Gasteiger partial charge in [-0.15, -0.1) is 11.6 Å². The number of halogens is 1. The van der Waals surface area contributed by atoms with Crippen molar-refractivity contribution in [1.29, 1.82) is 0 Å². The standard InChI is InChI=1S/C10H22ClNO3S/c1-8(2)4-10(6-13)12-16(14,15)7-9(3)5-11/h8-10,12-13H,4-7H2,1-3H3. The van der Waals surface area contributed by atoms with Crippen molar-refractivity contribution < 1.29 is 13.5 Å². The number of alkyl halides is 1. The number of aliphatic hydroxyl groups is 1. The molecule has 0 radical (unpaired) electrons. The van der Waals surface area contributed by atoms with Crippen LogP contribution in [0.5, 0.6) is 0 Å². The lowest BCUT2D eigenvalue weighted by atomic mass is 10.1. The van der Waals surface area contributed by atoms with Gasteiger partial charge in [0.2, 0.25) is 10.0 Å². The number of aliphatic hydroxyl groups excluding tert-OH is 1. The largest absolute Gasteiger partial charge is 0.395 e. The molecule has 0 amide bonds. The minimum atomic E-state index is -3.34. The van der Waals surface area contributed by atoms with Gasteiger partial charge in [-0.3, -0.25) is 0 Å². The molecule has 0 heterocycles. The van der Waals surface area contributed by atoms with E-state index in [1.54, 1.807) is 6.92 Å². The SMILES string of the molecule is CC(C)CC(CO)NS(=O)(=O)CC(C)CCl. The van der Waals surface area contributed by atoms with Gasteiger partial charge < -0.3 is 5.11 Å². The van der Waals surface area contributed by atoms with Crippen LogP contribution in [0.25, 0.3) is 0 Å². The van der Waals surface area contributed by atoms with Crippen molar-refractivity contribution in [3.05, 3.63) is 0 Å². The maximum absolute atomic E-state index is 11.7. The van der Waals surface area contributed by atoms with Gasteiger partial charge >= 0.3 is 0 Å². The molecule has 0 aromatic heterocycles. The zero-order valence-electron chi connectivity index (χ0n) is 10.1. The Balaban J connectivity index is 4.31. The van der Waals surface area contributed by atoms with E-state index in [-0.39, 0.29) is 18.3 Å². The predicted molar refractivity (Wildman–Crippen MR) is 67.1 cm³/mol. The molecule has 0 bridgehead atoms. The normalized spacial score (nSPS) is 16.4. The highest BCUT2D eigenvalue weighted by molar-refractivity contribution is 7.89. The first-order valence-electron chi connectivity index (χ1n) is 5.47. The summed E-state index contributed by atoms with van der Waals surface area (Å²) in [4.78, 5) is 0.